The fourth-order valence-corrected chi connectivity index (χ4v) is 4.72. The molecular weight excluding hydrogens is 412 g/mol. The van der Waals surface area contributed by atoms with Crippen molar-refractivity contribution in [3.05, 3.63) is 64.6 Å². The Bertz CT molecular complexity index is 1190. The van der Waals surface area contributed by atoms with Crippen LogP contribution in [-0.2, 0) is 0 Å². The molecule has 0 atom stereocenters. The lowest BCUT2D eigenvalue weighted by Gasteiger charge is -2.11. The summed E-state index contributed by atoms with van der Waals surface area (Å²) in [7, 11) is 0. The highest BCUT2D eigenvalue weighted by Gasteiger charge is 2.21. The van der Waals surface area contributed by atoms with Gasteiger partial charge in [0.15, 0.2) is 11.0 Å². The molecule has 138 valence electrons. The second-order valence-electron chi connectivity index (χ2n) is 6.00. The normalized spacial score (nSPS) is 10.8. The van der Waals surface area contributed by atoms with E-state index in [2.05, 4.69) is 51.6 Å². The summed E-state index contributed by atoms with van der Waals surface area (Å²) in [5, 5.41) is 19.0. The van der Waals surface area contributed by atoms with E-state index in [0.717, 1.165) is 11.3 Å². The Morgan fingerprint density at radius 3 is 2.61 bits per heavy atom. The van der Waals surface area contributed by atoms with Gasteiger partial charge in [0.2, 0.25) is 5.16 Å². The van der Waals surface area contributed by atoms with Crippen molar-refractivity contribution >= 4 is 34.9 Å². The number of hydrogen-bond acceptors (Lipinski definition) is 7. The van der Waals surface area contributed by atoms with Crippen LogP contribution in [0.4, 0.5) is 0 Å². The minimum atomic E-state index is 0.210. The second kappa shape index (κ2) is 7.72. The molecule has 3 aromatic heterocycles. The van der Waals surface area contributed by atoms with Gasteiger partial charge >= 0.3 is 0 Å². The molecule has 4 rings (SSSR count). The number of halogens is 1. The summed E-state index contributed by atoms with van der Waals surface area (Å²) in [6, 6.07) is 12.1. The Kier molecular flexibility index (Phi) is 5.13. The van der Waals surface area contributed by atoms with Gasteiger partial charge < -0.3 is 0 Å². The zero-order chi connectivity index (χ0) is 19.7. The Morgan fingerprint density at radius 2 is 1.89 bits per heavy atom. The van der Waals surface area contributed by atoms with Crippen molar-refractivity contribution in [3.63, 3.8) is 0 Å². The van der Waals surface area contributed by atoms with Gasteiger partial charge in [0.1, 0.15) is 15.8 Å². The summed E-state index contributed by atoms with van der Waals surface area (Å²) in [6.07, 6.45) is 3.44. The van der Waals surface area contributed by atoms with Crippen LogP contribution in [0, 0.1) is 25.2 Å². The van der Waals surface area contributed by atoms with Crippen LogP contribution in [0.3, 0.4) is 0 Å². The molecule has 0 amide bonds. The second-order valence-corrected chi connectivity index (χ2v) is 8.36. The van der Waals surface area contributed by atoms with Crippen LogP contribution in [-0.4, -0.2) is 24.1 Å². The highest BCUT2D eigenvalue weighted by Crippen LogP contribution is 2.38. The molecule has 0 aliphatic rings. The number of aryl methyl sites for hydroxylation is 2. The Hall–Kier alpha value is -2.73. The molecule has 4 aromatic rings. The average molecular weight is 425 g/mol. The van der Waals surface area contributed by atoms with E-state index in [9.17, 15) is 5.26 Å². The molecule has 0 radical (unpaired) electrons. The maximum absolute atomic E-state index is 9.37. The van der Waals surface area contributed by atoms with Crippen LogP contribution < -0.4 is 0 Å². The highest BCUT2D eigenvalue weighted by atomic mass is 35.5. The van der Waals surface area contributed by atoms with E-state index in [1.54, 1.807) is 12.4 Å². The highest BCUT2D eigenvalue weighted by molar-refractivity contribution is 8.01. The molecule has 0 unspecified atom stereocenters. The molecule has 0 aliphatic heterocycles. The van der Waals surface area contributed by atoms with E-state index in [-0.39, 0.29) is 5.15 Å². The minimum absolute atomic E-state index is 0.210. The van der Waals surface area contributed by atoms with Crippen molar-refractivity contribution in [3.8, 4) is 23.1 Å². The fourth-order valence-electron chi connectivity index (χ4n) is 2.62. The molecule has 0 saturated carbocycles. The quantitative estimate of drug-likeness (QED) is 0.454. The summed E-state index contributed by atoms with van der Waals surface area (Å²) in [5.74, 6) is 0.697. The van der Waals surface area contributed by atoms with Crippen LogP contribution in [0.1, 0.15) is 16.7 Å². The average Bonchev–Trinajstić information content (AvgIpc) is 3.28. The third-order valence-corrected chi connectivity index (χ3v) is 6.56. The van der Waals surface area contributed by atoms with Gasteiger partial charge in [-0.15, -0.1) is 10.2 Å². The molecule has 6 nitrogen and oxygen atoms in total. The fraction of sp³-hybridized carbons (Fsp3) is 0.105. The first-order valence-electron chi connectivity index (χ1n) is 8.25. The molecule has 0 spiro atoms. The third-order valence-electron chi connectivity index (χ3n) is 4.24. The van der Waals surface area contributed by atoms with Gasteiger partial charge in [-0.1, -0.05) is 17.7 Å². The van der Waals surface area contributed by atoms with Crippen molar-refractivity contribution in [1.82, 2.24) is 24.1 Å². The molecule has 28 heavy (non-hydrogen) atoms. The van der Waals surface area contributed by atoms with Gasteiger partial charge in [-0.25, -0.2) is 0 Å². The number of pyridine rings is 1. The molecule has 0 bridgehead atoms. The van der Waals surface area contributed by atoms with Crippen LogP contribution in [0.25, 0.3) is 17.1 Å². The van der Waals surface area contributed by atoms with E-state index in [0.29, 0.717) is 20.8 Å². The van der Waals surface area contributed by atoms with Crippen LogP contribution in [0.2, 0.25) is 5.15 Å². The van der Waals surface area contributed by atoms with Gasteiger partial charge in [-0.2, -0.15) is 9.64 Å². The van der Waals surface area contributed by atoms with Crippen LogP contribution >= 0.6 is 34.9 Å². The maximum Gasteiger partial charge on any atom is 0.201 e. The first kappa shape index (κ1) is 18.6. The number of rotatable bonds is 4. The summed E-state index contributed by atoms with van der Waals surface area (Å²) in [5.41, 5.74) is 4.57. The lowest BCUT2D eigenvalue weighted by molar-refractivity contribution is 0.885. The van der Waals surface area contributed by atoms with Gasteiger partial charge in [0.05, 0.1) is 5.69 Å². The standard InChI is InChI=1S/C19H13ClN6S2/c1-11-3-4-14(9-12(11)2)26-17(13-5-7-22-8-6-13)23-24-19(26)27-18-15(10-21)16(20)25-28-18/h3-9H,1-2H3. The Labute approximate surface area is 175 Å². The van der Waals surface area contributed by atoms with Crippen molar-refractivity contribution in [2.24, 2.45) is 0 Å². The zero-order valence-corrected chi connectivity index (χ0v) is 17.3. The number of benzene rings is 1. The van der Waals surface area contributed by atoms with Crippen molar-refractivity contribution in [2.75, 3.05) is 0 Å². The molecule has 9 heteroatoms. The van der Waals surface area contributed by atoms with Crippen molar-refractivity contribution in [1.29, 1.82) is 5.26 Å². The SMILES string of the molecule is Cc1ccc(-n2c(Sc3snc(Cl)c3C#N)nnc2-c2ccncc2)cc1C. The summed E-state index contributed by atoms with van der Waals surface area (Å²) in [4.78, 5) is 4.08. The van der Waals surface area contributed by atoms with Crippen molar-refractivity contribution < 1.29 is 0 Å². The lowest BCUT2D eigenvalue weighted by atomic mass is 10.1. The van der Waals surface area contributed by atoms with E-state index in [1.165, 1.54) is 34.4 Å². The van der Waals surface area contributed by atoms with E-state index < -0.39 is 0 Å². The Balaban J connectivity index is 1.88. The smallest absolute Gasteiger partial charge is 0.201 e. The van der Waals surface area contributed by atoms with E-state index in [4.69, 9.17) is 11.6 Å². The van der Waals surface area contributed by atoms with Crippen molar-refractivity contribution in [2.45, 2.75) is 23.2 Å². The Morgan fingerprint density at radius 1 is 1.11 bits per heavy atom. The lowest BCUT2D eigenvalue weighted by Crippen LogP contribution is -2.00. The molecule has 0 fully saturated rings. The first-order valence-corrected chi connectivity index (χ1v) is 10.2. The van der Waals surface area contributed by atoms with Crippen LogP contribution in [0.15, 0.2) is 52.1 Å². The maximum atomic E-state index is 9.37. The summed E-state index contributed by atoms with van der Waals surface area (Å²) >= 11 is 8.53. The topological polar surface area (TPSA) is 80.3 Å². The third kappa shape index (κ3) is 3.40. The molecular formula is C19H13ClN6S2. The van der Waals surface area contributed by atoms with Gasteiger partial charge in [0.25, 0.3) is 0 Å². The predicted molar refractivity (Wildman–Crippen MR) is 110 cm³/mol. The number of aromatic nitrogens is 5. The number of hydrogen-bond donors (Lipinski definition) is 0. The molecule has 0 saturated heterocycles. The van der Waals surface area contributed by atoms with E-state index >= 15 is 0 Å². The first-order chi connectivity index (χ1) is 13.6. The van der Waals surface area contributed by atoms with Gasteiger partial charge in [-0.3, -0.25) is 9.55 Å². The van der Waals surface area contributed by atoms with Crippen LogP contribution in [0.5, 0.6) is 0 Å². The minimum Gasteiger partial charge on any atom is -0.270 e. The number of nitriles is 1. The summed E-state index contributed by atoms with van der Waals surface area (Å²) in [6.45, 7) is 4.14. The molecule has 0 N–H and O–H groups in total. The molecule has 1 aromatic carbocycles. The number of nitrogens with zero attached hydrogens (tertiary/aromatic N) is 6. The van der Waals surface area contributed by atoms with E-state index in [1.807, 2.05) is 22.8 Å². The molecule has 0 aliphatic carbocycles. The van der Waals surface area contributed by atoms with Gasteiger partial charge in [0, 0.05) is 18.0 Å². The zero-order valence-electron chi connectivity index (χ0n) is 14.9. The summed E-state index contributed by atoms with van der Waals surface area (Å²) < 4.78 is 6.73. The largest absolute Gasteiger partial charge is 0.270 e. The van der Waals surface area contributed by atoms with Gasteiger partial charge in [-0.05, 0) is 72.5 Å². The predicted octanol–water partition coefficient (Wildman–Crippen LogP) is 5.08. The molecule has 3 heterocycles. The monoisotopic (exact) mass is 424 g/mol.